The van der Waals surface area contributed by atoms with Crippen LogP contribution in [0.2, 0.25) is 0 Å². The maximum atomic E-state index is 3.56. The first-order valence-electron chi connectivity index (χ1n) is 6.10. The molecule has 0 radical (unpaired) electrons. The predicted molar refractivity (Wildman–Crippen MR) is 65.6 cm³/mol. The summed E-state index contributed by atoms with van der Waals surface area (Å²) >= 11 is 0. The zero-order chi connectivity index (χ0) is 11.2. The predicted octanol–water partition coefficient (Wildman–Crippen LogP) is 3.84. The van der Waals surface area contributed by atoms with E-state index >= 15 is 0 Å². The van der Waals surface area contributed by atoms with Gasteiger partial charge in [-0.3, -0.25) is 0 Å². The zero-order valence-electron chi connectivity index (χ0n) is 11.0. The summed E-state index contributed by atoms with van der Waals surface area (Å²) in [5.41, 5.74) is 0.268. The van der Waals surface area contributed by atoms with Gasteiger partial charge in [0.1, 0.15) is 0 Å². The number of hydrogen-bond donors (Lipinski definition) is 1. The standard InChI is InChI=1S/C13H29N/c1-7-11(2)8-9-12(3)10-14-13(4,5)6/h11-12,14H,7-10H2,1-6H3. The van der Waals surface area contributed by atoms with Crippen LogP contribution in [0.15, 0.2) is 0 Å². The Kier molecular flexibility index (Phi) is 6.43. The zero-order valence-corrected chi connectivity index (χ0v) is 11.0. The van der Waals surface area contributed by atoms with Crippen LogP contribution in [0.4, 0.5) is 0 Å². The highest BCUT2D eigenvalue weighted by Crippen LogP contribution is 2.14. The third-order valence-electron chi connectivity index (χ3n) is 2.83. The first-order chi connectivity index (χ1) is 6.35. The van der Waals surface area contributed by atoms with Gasteiger partial charge < -0.3 is 5.32 Å². The summed E-state index contributed by atoms with van der Waals surface area (Å²) < 4.78 is 0. The first kappa shape index (κ1) is 14.0. The number of rotatable bonds is 6. The van der Waals surface area contributed by atoms with Crippen molar-refractivity contribution in [2.75, 3.05) is 6.54 Å². The van der Waals surface area contributed by atoms with E-state index in [9.17, 15) is 0 Å². The van der Waals surface area contributed by atoms with Crippen molar-refractivity contribution >= 4 is 0 Å². The van der Waals surface area contributed by atoms with Crippen LogP contribution in [-0.2, 0) is 0 Å². The van der Waals surface area contributed by atoms with Crippen molar-refractivity contribution in [3.05, 3.63) is 0 Å². The molecule has 0 aliphatic heterocycles. The molecule has 0 saturated carbocycles. The highest BCUT2D eigenvalue weighted by molar-refractivity contribution is 4.72. The van der Waals surface area contributed by atoms with E-state index in [4.69, 9.17) is 0 Å². The lowest BCUT2D eigenvalue weighted by Crippen LogP contribution is -2.38. The Hall–Kier alpha value is -0.0400. The molecule has 0 fully saturated rings. The molecule has 0 aliphatic rings. The van der Waals surface area contributed by atoms with Crippen molar-refractivity contribution < 1.29 is 0 Å². The van der Waals surface area contributed by atoms with E-state index in [0.29, 0.717) is 0 Å². The van der Waals surface area contributed by atoms with E-state index in [1.807, 2.05) is 0 Å². The molecule has 0 aromatic carbocycles. The smallest absolute Gasteiger partial charge is 0.00966 e. The van der Waals surface area contributed by atoms with Gasteiger partial charge in [0.05, 0.1) is 0 Å². The first-order valence-corrected chi connectivity index (χ1v) is 6.10. The SMILES string of the molecule is CCC(C)CCC(C)CNC(C)(C)C. The quantitative estimate of drug-likeness (QED) is 0.685. The summed E-state index contributed by atoms with van der Waals surface area (Å²) in [7, 11) is 0. The maximum absolute atomic E-state index is 3.56. The van der Waals surface area contributed by atoms with E-state index in [0.717, 1.165) is 18.4 Å². The van der Waals surface area contributed by atoms with Gasteiger partial charge in [0.2, 0.25) is 0 Å². The molecule has 0 aliphatic carbocycles. The highest BCUT2D eigenvalue weighted by Gasteiger charge is 2.11. The molecule has 0 saturated heterocycles. The van der Waals surface area contributed by atoms with Crippen molar-refractivity contribution in [1.29, 1.82) is 0 Å². The van der Waals surface area contributed by atoms with Gasteiger partial charge >= 0.3 is 0 Å². The van der Waals surface area contributed by atoms with Gasteiger partial charge in [-0.1, -0.05) is 33.6 Å². The molecule has 0 heterocycles. The van der Waals surface area contributed by atoms with Crippen molar-refractivity contribution in [2.45, 2.75) is 66.3 Å². The molecule has 0 amide bonds. The maximum Gasteiger partial charge on any atom is 0.00966 e. The number of hydrogen-bond acceptors (Lipinski definition) is 1. The van der Waals surface area contributed by atoms with E-state index in [-0.39, 0.29) is 5.54 Å². The minimum absolute atomic E-state index is 0.268. The van der Waals surface area contributed by atoms with Crippen LogP contribution in [0.1, 0.15) is 60.8 Å². The van der Waals surface area contributed by atoms with Gasteiger partial charge in [0, 0.05) is 5.54 Å². The Balaban J connectivity index is 3.51. The molecular formula is C13H29N. The van der Waals surface area contributed by atoms with Crippen molar-refractivity contribution in [1.82, 2.24) is 5.32 Å². The largest absolute Gasteiger partial charge is 0.312 e. The molecular weight excluding hydrogens is 170 g/mol. The second-order valence-corrected chi connectivity index (χ2v) is 5.83. The van der Waals surface area contributed by atoms with Gasteiger partial charge in [-0.2, -0.15) is 0 Å². The summed E-state index contributed by atoms with van der Waals surface area (Å²) in [5.74, 6) is 1.70. The molecule has 0 bridgehead atoms. The summed E-state index contributed by atoms with van der Waals surface area (Å²) in [6, 6.07) is 0. The summed E-state index contributed by atoms with van der Waals surface area (Å²) in [6.45, 7) is 14.8. The third kappa shape index (κ3) is 8.55. The molecule has 0 aromatic rings. The second kappa shape index (κ2) is 6.44. The molecule has 0 aromatic heterocycles. The Labute approximate surface area is 90.7 Å². The van der Waals surface area contributed by atoms with E-state index in [1.165, 1.54) is 19.3 Å². The van der Waals surface area contributed by atoms with Crippen LogP contribution >= 0.6 is 0 Å². The van der Waals surface area contributed by atoms with Gasteiger partial charge in [0.25, 0.3) is 0 Å². The topological polar surface area (TPSA) is 12.0 Å². The minimum atomic E-state index is 0.268. The van der Waals surface area contributed by atoms with Crippen molar-refractivity contribution in [3.63, 3.8) is 0 Å². The van der Waals surface area contributed by atoms with E-state index < -0.39 is 0 Å². The molecule has 86 valence electrons. The Morgan fingerprint density at radius 3 is 1.93 bits per heavy atom. The fourth-order valence-corrected chi connectivity index (χ4v) is 1.36. The van der Waals surface area contributed by atoms with E-state index in [1.54, 1.807) is 0 Å². The van der Waals surface area contributed by atoms with Crippen LogP contribution in [0.25, 0.3) is 0 Å². The fourth-order valence-electron chi connectivity index (χ4n) is 1.36. The van der Waals surface area contributed by atoms with Crippen LogP contribution in [0.5, 0.6) is 0 Å². The monoisotopic (exact) mass is 199 g/mol. The lowest BCUT2D eigenvalue weighted by atomic mass is 9.96. The van der Waals surface area contributed by atoms with Crippen LogP contribution in [0, 0.1) is 11.8 Å². The molecule has 14 heavy (non-hydrogen) atoms. The van der Waals surface area contributed by atoms with Crippen LogP contribution < -0.4 is 5.32 Å². The Morgan fingerprint density at radius 2 is 1.50 bits per heavy atom. The van der Waals surface area contributed by atoms with Gasteiger partial charge in [0.15, 0.2) is 0 Å². The fraction of sp³-hybridized carbons (Fsp3) is 1.00. The molecule has 0 spiro atoms. The average molecular weight is 199 g/mol. The summed E-state index contributed by atoms with van der Waals surface area (Å²) in [6.07, 6.45) is 4.06. The second-order valence-electron chi connectivity index (χ2n) is 5.83. The Morgan fingerprint density at radius 1 is 1.00 bits per heavy atom. The lowest BCUT2D eigenvalue weighted by molar-refractivity contribution is 0.351. The van der Waals surface area contributed by atoms with Gasteiger partial charge in [-0.15, -0.1) is 0 Å². The molecule has 1 nitrogen and oxygen atoms in total. The minimum Gasteiger partial charge on any atom is -0.312 e. The van der Waals surface area contributed by atoms with Gasteiger partial charge in [-0.25, -0.2) is 0 Å². The highest BCUT2D eigenvalue weighted by atomic mass is 14.9. The van der Waals surface area contributed by atoms with Crippen LogP contribution in [0.3, 0.4) is 0 Å². The number of nitrogens with one attached hydrogen (secondary N) is 1. The van der Waals surface area contributed by atoms with Gasteiger partial charge in [-0.05, 0) is 45.6 Å². The third-order valence-corrected chi connectivity index (χ3v) is 2.83. The Bertz CT molecular complexity index is 135. The molecule has 2 atom stereocenters. The normalized spacial score (nSPS) is 16.7. The van der Waals surface area contributed by atoms with Crippen LogP contribution in [-0.4, -0.2) is 12.1 Å². The molecule has 1 N–H and O–H groups in total. The van der Waals surface area contributed by atoms with Crippen molar-refractivity contribution in [3.8, 4) is 0 Å². The van der Waals surface area contributed by atoms with E-state index in [2.05, 4.69) is 46.9 Å². The lowest BCUT2D eigenvalue weighted by Gasteiger charge is -2.24. The van der Waals surface area contributed by atoms with Crippen molar-refractivity contribution in [2.24, 2.45) is 11.8 Å². The summed E-state index contributed by atoms with van der Waals surface area (Å²) in [5, 5.41) is 3.56. The summed E-state index contributed by atoms with van der Waals surface area (Å²) in [4.78, 5) is 0. The molecule has 0 rings (SSSR count). The average Bonchev–Trinajstić information content (AvgIpc) is 2.09. The molecule has 2 unspecified atom stereocenters. The molecule has 1 heteroatoms.